The van der Waals surface area contributed by atoms with E-state index in [4.69, 9.17) is 15.0 Å². The molecule has 56 heavy (non-hydrogen) atoms. The van der Waals surface area contributed by atoms with E-state index in [1.807, 2.05) is 70.3 Å². The van der Waals surface area contributed by atoms with Gasteiger partial charge >= 0.3 is 0 Å². The van der Waals surface area contributed by atoms with Gasteiger partial charge < -0.3 is 0 Å². The molecule has 0 saturated heterocycles. The number of nitrogens with zero attached hydrogens (tertiary/aromatic N) is 4. The van der Waals surface area contributed by atoms with Gasteiger partial charge in [0.2, 0.25) is 0 Å². The second kappa shape index (κ2) is 19.9. The number of rotatable bonds is 9. The van der Waals surface area contributed by atoms with Crippen molar-refractivity contribution in [3.05, 3.63) is 210 Å². The van der Waals surface area contributed by atoms with Gasteiger partial charge in [0.1, 0.15) is 0 Å². The highest BCUT2D eigenvalue weighted by Gasteiger charge is 2.46. The van der Waals surface area contributed by atoms with E-state index in [2.05, 4.69) is 154 Å². The van der Waals surface area contributed by atoms with Crippen LogP contribution in [0.25, 0.3) is 22.4 Å². The number of aromatic nitrogens is 1. The van der Waals surface area contributed by atoms with Crippen molar-refractivity contribution in [1.29, 1.82) is 0 Å². The van der Waals surface area contributed by atoms with Crippen molar-refractivity contribution in [2.75, 3.05) is 0 Å². The first-order valence-electron chi connectivity index (χ1n) is 19.8. The molecule has 5 aromatic rings. The van der Waals surface area contributed by atoms with Crippen LogP contribution in [0.4, 0.5) is 0 Å². The van der Waals surface area contributed by atoms with Crippen LogP contribution in [0.15, 0.2) is 197 Å². The highest BCUT2D eigenvalue weighted by Crippen LogP contribution is 2.57. The number of fused-ring (bicyclic) bond motifs is 3. The second-order valence-corrected chi connectivity index (χ2v) is 13.2. The molecule has 0 aliphatic heterocycles. The van der Waals surface area contributed by atoms with E-state index in [0.29, 0.717) is 24.1 Å². The van der Waals surface area contributed by atoms with Gasteiger partial charge in [-0.3, -0.25) is 9.98 Å². The van der Waals surface area contributed by atoms with E-state index in [1.54, 1.807) is 0 Å². The summed E-state index contributed by atoms with van der Waals surface area (Å²) in [6.45, 7) is 20.6. The lowest BCUT2D eigenvalue weighted by Crippen LogP contribution is -2.29. The van der Waals surface area contributed by atoms with Gasteiger partial charge in [0.25, 0.3) is 0 Å². The summed E-state index contributed by atoms with van der Waals surface area (Å²) >= 11 is 0. The minimum absolute atomic E-state index is 0.428. The van der Waals surface area contributed by atoms with E-state index >= 15 is 0 Å². The summed E-state index contributed by atoms with van der Waals surface area (Å²) in [7, 11) is 0. The normalized spacial score (nSPS) is 17.4. The van der Waals surface area contributed by atoms with E-state index < -0.39 is 5.41 Å². The fraction of sp³-hybridized carbons (Fsp3) is 0.192. The standard InChI is InChI=1S/C48H42N4.2C2H6/c1-5-15-39(16-6-2)48(40-19-11-8-12-20-40)43-22-14-13-21-41(43)42-31-38(28-29-44(42)48)45-30-25-35(32-50-45)33-51-47(36-17-9-7-10-18-36)52-46(49-4)37-26-23-34(3)24-27-37;2*1-2/h5-23,25-32,34H,1,4,24,33H2,2-3H3;2*1-2H3/b16-6-,39-15+,51-47?,52-46?;;. The van der Waals surface area contributed by atoms with Gasteiger partial charge in [-0.15, -0.1) is 0 Å². The van der Waals surface area contributed by atoms with E-state index in [1.165, 1.54) is 33.4 Å². The zero-order chi connectivity index (χ0) is 39.9. The third kappa shape index (κ3) is 8.50. The molecule has 0 N–H and O–H groups in total. The first-order chi connectivity index (χ1) is 27.6. The van der Waals surface area contributed by atoms with Crippen molar-refractivity contribution in [3.63, 3.8) is 0 Å². The molecule has 1 aromatic heterocycles. The molecule has 1 heterocycles. The SMILES string of the molecule is C=C/C=C(\C=C/C)C1(c2ccccc2)c2ccccc2-c2cc(-c3ccc(CN=C(N=C(N=C)C4=CCC(C)C=C4)c4ccccc4)cn3)ccc21.CC.CC. The molecule has 0 radical (unpaired) electrons. The van der Waals surface area contributed by atoms with Crippen molar-refractivity contribution in [2.24, 2.45) is 20.9 Å². The van der Waals surface area contributed by atoms with Gasteiger partial charge in [-0.25, -0.2) is 9.98 Å². The maximum Gasteiger partial charge on any atom is 0.160 e. The molecule has 4 aromatic carbocycles. The van der Waals surface area contributed by atoms with Crippen LogP contribution < -0.4 is 0 Å². The molecule has 0 amide bonds. The summed E-state index contributed by atoms with van der Waals surface area (Å²) in [5, 5.41) is 0. The maximum atomic E-state index is 4.96. The molecule has 0 saturated carbocycles. The van der Waals surface area contributed by atoms with E-state index in [-0.39, 0.29) is 0 Å². The molecule has 7 rings (SSSR count). The maximum absolute atomic E-state index is 4.96. The summed E-state index contributed by atoms with van der Waals surface area (Å²) in [5.41, 5.74) is 11.7. The zero-order valence-electron chi connectivity index (χ0n) is 33.8. The Morgan fingerprint density at radius 2 is 1.52 bits per heavy atom. The predicted molar refractivity (Wildman–Crippen MR) is 242 cm³/mol. The summed E-state index contributed by atoms with van der Waals surface area (Å²) in [5.74, 6) is 1.69. The minimum Gasteiger partial charge on any atom is -0.261 e. The molecule has 4 heteroatoms. The monoisotopic (exact) mass is 734 g/mol. The number of pyridine rings is 1. The van der Waals surface area contributed by atoms with Gasteiger partial charge in [-0.2, -0.15) is 0 Å². The predicted octanol–water partition coefficient (Wildman–Crippen LogP) is 13.4. The van der Waals surface area contributed by atoms with Crippen LogP contribution in [-0.4, -0.2) is 23.4 Å². The van der Waals surface area contributed by atoms with Gasteiger partial charge in [0, 0.05) is 22.9 Å². The Balaban J connectivity index is 0.00000145. The molecule has 0 spiro atoms. The number of hydrogen-bond donors (Lipinski definition) is 0. The van der Waals surface area contributed by atoms with Crippen LogP contribution in [0.5, 0.6) is 0 Å². The molecule has 0 bridgehead atoms. The minimum atomic E-state index is -0.482. The number of hydrogen-bond acceptors (Lipinski definition) is 2. The largest absolute Gasteiger partial charge is 0.261 e. The molecule has 2 aliphatic rings. The van der Waals surface area contributed by atoms with Gasteiger partial charge in [-0.05, 0) is 77.1 Å². The van der Waals surface area contributed by atoms with Crippen LogP contribution >= 0.6 is 0 Å². The highest BCUT2D eigenvalue weighted by molar-refractivity contribution is 6.13. The number of amidine groups is 2. The van der Waals surface area contributed by atoms with Crippen LogP contribution in [-0.2, 0) is 12.0 Å². The Hall–Kier alpha value is -6.26. The number of allylic oxidation sites excluding steroid dienone is 7. The van der Waals surface area contributed by atoms with Crippen LogP contribution in [0, 0.1) is 5.92 Å². The number of benzene rings is 4. The lowest BCUT2D eigenvalue weighted by Gasteiger charge is -2.34. The van der Waals surface area contributed by atoms with Crippen molar-refractivity contribution >= 4 is 18.4 Å². The van der Waals surface area contributed by atoms with E-state index in [9.17, 15) is 0 Å². The Labute approximate surface area is 335 Å². The smallest absolute Gasteiger partial charge is 0.160 e. The topological polar surface area (TPSA) is 50.0 Å². The highest BCUT2D eigenvalue weighted by atomic mass is 15.0. The van der Waals surface area contributed by atoms with Crippen molar-refractivity contribution in [2.45, 2.75) is 59.9 Å². The average Bonchev–Trinajstić information content (AvgIpc) is 3.56. The molecular weight excluding hydrogens is 681 g/mol. The lowest BCUT2D eigenvalue weighted by molar-refractivity contribution is 0.734. The van der Waals surface area contributed by atoms with Crippen molar-refractivity contribution < 1.29 is 0 Å². The average molecular weight is 735 g/mol. The Morgan fingerprint density at radius 1 is 0.821 bits per heavy atom. The zero-order valence-corrected chi connectivity index (χ0v) is 33.8. The summed E-state index contributed by atoms with van der Waals surface area (Å²) in [6, 6.07) is 40.5. The summed E-state index contributed by atoms with van der Waals surface area (Å²) < 4.78 is 0. The molecule has 0 fully saturated rings. The quantitative estimate of drug-likeness (QED) is 0.0845. The number of aliphatic imine (C=N–C) groups is 3. The first kappa shape index (κ1) is 40.9. The van der Waals surface area contributed by atoms with Gasteiger partial charge in [0.15, 0.2) is 11.7 Å². The summed E-state index contributed by atoms with van der Waals surface area (Å²) in [6.07, 6.45) is 17.6. The molecule has 2 aliphatic carbocycles. The van der Waals surface area contributed by atoms with Crippen LogP contribution in [0.2, 0.25) is 0 Å². The third-order valence-electron chi connectivity index (χ3n) is 9.83. The fourth-order valence-corrected chi connectivity index (χ4v) is 7.35. The second-order valence-electron chi connectivity index (χ2n) is 13.2. The van der Waals surface area contributed by atoms with E-state index in [0.717, 1.165) is 34.4 Å². The molecule has 4 nitrogen and oxygen atoms in total. The molecule has 2 atom stereocenters. The van der Waals surface area contributed by atoms with Gasteiger partial charge in [-0.1, -0.05) is 187 Å². The van der Waals surface area contributed by atoms with Crippen molar-refractivity contribution in [3.8, 4) is 22.4 Å². The van der Waals surface area contributed by atoms with Crippen LogP contribution in [0.3, 0.4) is 0 Å². The Kier molecular flexibility index (Phi) is 14.5. The van der Waals surface area contributed by atoms with Gasteiger partial charge in [0.05, 0.1) is 17.7 Å². The summed E-state index contributed by atoms with van der Waals surface area (Å²) in [4.78, 5) is 19.1. The van der Waals surface area contributed by atoms with Crippen molar-refractivity contribution in [1.82, 2.24) is 4.98 Å². The lowest BCUT2D eigenvalue weighted by atomic mass is 9.67. The molecule has 2 unspecified atom stereocenters. The Bertz CT molecular complexity index is 2290. The molecule has 282 valence electrons. The van der Waals surface area contributed by atoms with Crippen LogP contribution in [0.1, 0.15) is 75.8 Å². The Morgan fingerprint density at radius 3 is 2.16 bits per heavy atom. The molecular formula is C52H54N4. The third-order valence-corrected chi connectivity index (χ3v) is 9.83. The fourth-order valence-electron chi connectivity index (χ4n) is 7.35. The first-order valence-corrected chi connectivity index (χ1v) is 19.8.